The summed E-state index contributed by atoms with van der Waals surface area (Å²) in [5.74, 6) is 1.11. The maximum absolute atomic E-state index is 12.7. The molecule has 1 aromatic heterocycles. The van der Waals surface area contributed by atoms with Crippen molar-refractivity contribution in [2.75, 3.05) is 26.9 Å². The number of nitriles is 1. The van der Waals surface area contributed by atoms with Gasteiger partial charge in [0.15, 0.2) is 18.1 Å². The summed E-state index contributed by atoms with van der Waals surface area (Å²) in [4.78, 5) is 17.9. The number of hydrogen-bond donors (Lipinski definition) is 1. The fourth-order valence-electron chi connectivity index (χ4n) is 3.59. The molecule has 0 fully saturated rings. The van der Waals surface area contributed by atoms with Crippen LogP contribution in [0.2, 0.25) is 0 Å². The first kappa shape index (κ1) is 26.9. The highest BCUT2D eigenvalue weighted by Crippen LogP contribution is 2.29. The van der Waals surface area contributed by atoms with Crippen molar-refractivity contribution in [2.45, 2.75) is 25.8 Å². The Morgan fingerprint density at radius 3 is 2.82 bits per heavy atom. The first-order chi connectivity index (χ1) is 19.1. The van der Waals surface area contributed by atoms with E-state index in [1.54, 1.807) is 31.4 Å². The molecule has 0 saturated carbocycles. The third kappa shape index (κ3) is 7.19. The standard InChI is InChI=1S/C25H26N10O4/c1-3-38-23-13-18(8-11-22(23)37-2)20-5-4-12-35(32-20)24(36)16-39-27-15-17-6-9-19(10-7-17)28-29-21(14-26)25-30-33-34-31-25/h6-11,13,15,21H,3-5,12,16H2,1-2H3,(H,30,31,33,34). The van der Waals surface area contributed by atoms with Crippen molar-refractivity contribution in [3.05, 3.63) is 59.4 Å². The topological polar surface area (TPSA) is 176 Å². The largest absolute Gasteiger partial charge is 0.493 e. The van der Waals surface area contributed by atoms with Gasteiger partial charge >= 0.3 is 0 Å². The van der Waals surface area contributed by atoms with Gasteiger partial charge in [-0.25, -0.2) is 5.01 Å². The van der Waals surface area contributed by atoms with Crippen LogP contribution in [0.4, 0.5) is 5.69 Å². The maximum Gasteiger partial charge on any atom is 0.283 e. The number of methoxy groups -OCH3 is 1. The third-order valence-electron chi connectivity index (χ3n) is 5.48. The van der Waals surface area contributed by atoms with Crippen LogP contribution in [-0.4, -0.2) is 70.3 Å². The molecule has 0 aliphatic carbocycles. The summed E-state index contributed by atoms with van der Waals surface area (Å²) in [5, 5.41) is 40.1. The van der Waals surface area contributed by atoms with Gasteiger partial charge < -0.3 is 14.3 Å². The first-order valence-electron chi connectivity index (χ1n) is 12.1. The Morgan fingerprint density at radius 2 is 2.10 bits per heavy atom. The number of ether oxygens (including phenoxy) is 2. The molecule has 14 heteroatoms. The lowest BCUT2D eigenvalue weighted by molar-refractivity contribution is -0.136. The van der Waals surface area contributed by atoms with E-state index in [4.69, 9.17) is 14.3 Å². The van der Waals surface area contributed by atoms with Gasteiger partial charge in [0.2, 0.25) is 11.9 Å². The van der Waals surface area contributed by atoms with Crippen LogP contribution in [0.3, 0.4) is 0 Å². The molecule has 0 radical (unpaired) electrons. The van der Waals surface area contributed by atoms with Gasteiger partial charge in [-0.3, -0.25) is 4.79 Å². The molecule has 1 N–H and O–H groups in total. The number of H-pyrrole nitrogens is 1. The van der Waals surface area contributed by atoms with Crippen LogP contribution < -0.4 is 9.47 Å². The van der Waals surface area contributed by atoms with Gasteiger partial charge in [-0.15, -0.1) is 10.2 Å². The molecule has 4 rings (SSSR count). The molecular formula is C25H26N10O4. The zero-order chi connectivity index (χ0) is 27.5. The highest BCUT2D eigenvalue weighted by atomic mass is 16.6. The fourth-order valence-corrected chi connectivity index (χ4v) is 3.59. The van der Waals surface area contributed by atoms with E-state index in [9.17, 15) is 10.1 Å². The monoisotopic (exact) mass is 530 g/mol. The minimum atomic E-state index is -0.958. The van der Waals surface area contributed by atoms with Gasteiger partial charge in [0.25, 0.3) is 5.91 Å². The lowest BCUT2D eigenvalue weighted by Crippen LogP contribution is -2.34. The molecule has 1 atom stereocenters. The van der Waals surface area contributed by atoms with E-state index in [1.165, 1.54) is 11.2 Å². The Balaban J connectivity index is 1.30. The van der Waals surface area contributed by atoms with E-state index in [0.717, 1.165) is 29.7 Å². The van der Waals surface area contributed by atoms with Gasteiger partial charge in [-0.2, -0.15) is 25.8 Å². The number of aromatic amines is 1. The number of rotatable bonds is 11. The number of nitrogens with zero attached hydrogens (tertiary/aromatic N) is 9. The molecule has 1 unspecified atom stereocenters. The minimum absolute atomic E-state index is 0.139. The summed E-state index contributed by atoms with van der Waals surface area (Å²) in [6.07, 6.45) is 2.99. The Bertz CT molecular complexity index is 1380. The van der Waals surface area contributed by atoms with Crippen LogP contribution in [-0.2, 0) is 9.63 Å². The Labute approximate surface area is 224 Å². The van der Waals surface area contributed by atoms with Crippen LogP contribution in [0.25, 0.3) is 0 Å². The molecule has 0 spiro atoms. The highest BCUT2D eigenvalue weighted by molar-refractivity contribution is 6.02. The zero-order valence-corrected chi connectivity index (χ0v) is 21.4. The van der Waals surface area contributed by atoms with Crippen LogP contribution in [0.15, 0.2) is 63.0 Å². The van der Waals surface area contributed by atoms with Crippen molar-refractivity contribution in [1.82, 2.24) is 25.6 Å². The molecule has 0 bridgehead atoms. The average Bonchev–Trinajstić information content (AvgIpc) is 3.51. The number of tetrazole rings is 1. The van der Waals surface area contributed by atoms with Gasteiger partial charge in [0.1, 0.15) is 0 Å². The quantitative estimate of drug-likeness (QED) is 0.223. The second-order valence-corrected chi connectivity index (χ2v) is 8.08. The van der Waals surface area contributed by atoms with Crippen molar-refractivity contribution in [2.24, 2.45) is 20.5 Å². The van der Waals surface area contributed by atoms with Crippen LogP contribution in [0, 0.1) is 11.3 Å². The van der Waals surface area contributed by atoms with Gasteiger partial charge in [-0.1, -0.05) is 22.5 Å². The fraction of sp³-hybridized carbons (Fsp3) is 0.320. The highest BCUT2D eigenvalue weighted by Gasteiger charge is 2.21. The number of carbonyl (C=O) groups is 1. The molecule has 1 aliphatic heterocycles. The average molecular weight is 531 g/mol. The van der Waals surface area contributed by atoms with E-state index in [-0.39, 0.29) is 18.3 Å². The Morgan fingerprint density at radius 1 is 1.26 bits per heavy atom. The minimum Gasteiger partial charge on any atom is -0.493 e. The molecule has 14 nitrogen and oxygen atoms in total. The van der Waals surface area contributed by atoms with E-state index < -0.39 is 6.04 Å². The SMILES string of the molecule is CCOc1cc(C2=NN(C(=O)CON=Cc3ccc(N=NC(C#N)c4nn[nH]n4)cc3)CCC2)ccc1OC. The Hall–Kier alpha value is -5.19. The zero-order valence-electron chi connectivity index (χ0n) is 21.4. The second-order valence-electron chi connectivity index (χ2n) is 8.08. The molecule has 1 amide bonds. The van der Waals surface area contributed by atoms with Crippen LogP contribution in [0.1, 0.15) is 42.8 Å². The van der Waals surface area contributed by atoms with Gasteiger partial charge in [0, 0.05) is 12.1 Å². The lowest BCUT2D eigenvalue weighted by Gasteiger charge is -2.23. The van der Waals surface area contributed by atoms with Crippen molar-refractivity contribution in [3.8, 4) is 17.6 Å². The van der Waals surface area contributed by atoms with E-state index >= 15 is 0 Å². The molecule has 2 heterocycles. The smallest absolute Gasteiger partial charge is 0.283 e. The molecule has 1 aliphatic rings. The number of hydrazone groups is 1. The molecule has 200 valence electrons. The van der Waals surface area contributed by atoms with E-state index in [1.807, 2.05) is 31.2 Å². The molecular weight excluding hydrogens is 504 g/mol. The third-order valence-corrected chi connectivity index (χ3v) is 5.48. The summed E-state index contributed by atoms with van der Waals surface area (Å²) in [6.45, 7) is 2.66. The normalized spacial score (nSPS) is 14.2. The van der Waals surface area contributed by atoms with Gasteiger partial charge in [-0.05, 0) is 55.7 Å². The second kappa shape index (κ2) is 13.4. The lowest BCUT2D eigenvalue weighted by atomic mass is 10.0. The van der Waals surface area contributed by atoms with Crippen molar-refractivity contribution < 1.29 is 19.1 Å². The number of carbonyl (C=O) groups excluding carboxylic acids is 1. The number of azo groups is 1. The predicted molar refractivity (Wildman–Crippen MR) is 139 cm³/mol. The maximum atomic E-state index is 12.7. The van der Waals surface area contributed by atoms with Crippen LogP contribution in [0.5, 0.6) is 11.5 Å². The molecule has 2 aromatic carbocycles. The number of amides is 1. The van der Waals surface area contributed by atoms with Gasteiger partial charge in [0.05, 0.1) is 37.4 Å². The number of nitrogens with one attached hydrogen (secondary N) is 1. The first-order valence-corrected chi connectivity index (χ1v) is 12.1. The molecule has 0 saturated heterocycles. The number of oxime groups is 1. The summed E-state index contributed by atoms with van der Waals surface area (Å²) in [6, 6.07) is 13.5. The summed E-state index contributed by atoms with van der Waals surface area (Å²) in [5.41, 5.74) is 2.91. The summed E-state index contributed by atoms with van der Waals surface area (Å²) >= 11 is 0. The van der Waals surface area contributed by atoms with E-state index in [2.05, 4.69) is 41.1 Å². The van der Waals surface area contributed by atoms with Crippen molar-refractivity contribution >= 4 is 23.5 Å². The molecule has 3 aromatic rings. The number of benzene rings is 2. The predicted octanol–water partition coefficient (Wildman–Crippen LogP) is 3.33. The molecule has 39 heavy (non-hydrogen) atoms. The number of aromatic nitrogens is 4. The summed E-state index contributed by atoms with van der Waals surface area (Å²) in [7, 11) is 1.59. The van der Waals surface area contributed by atoms with E-state index in [0.29, 0.717) is 30.3 Å². The number of hydrogen-bond acceptors (Lipinski definition) is 12. The van der Waals surface area contributed by atoms with Crippen LogP contribution >= 0.6 is 0 Å². The van der Waals surface area contributed by atoms with Crippen molar-refractivity contribution in [3.63, 3.8) is 0 Å². The Kier molecular flexibility index (Phi) is 9.22. The van der Waals surface area contributed by atoms with Crippen molar-refractivity contribution in [1.29, 1.82) is 5.26 Å². The summed E-state index contributed by atoms with van der Waals surface area (Å²) < 4.78 is 11.0.